The van der Waals surface area contributed by atoms with E-state index in [2.05, 4.69) is 17.0 Å². The molecule has 1 aromatic carbocycles. The summed E-state index contributed by atoms with van der Waals surface area (Å²) in [5, 5.41) is 11.3. The summed E-state index contributed by atoms with van der Waals surface area (Å²) in [6, 6.07) is 7.39. The SMILES string of the molecule is NCC#Cc1ccccc1C=NO. The molecule has 3 heteroatoms. The molecule has 0 saturated heterocycles. The van der Waals surface area contributed by atoms with Crippen LogP contribution >= 0.6 is 0 Å². The van der Waals surface area contributed by atoms with Crippen LogP contribution in [0.1, 0.15) is 11.1 Å². The maximum absolute atomic E-state index is 8.37. The van der Waals surface area contributed by atoms with Gasteiger partial charge in [0.1, 0.15) is 0 Å². The van der Waals surface area contributed by atoms with Crippen molar-refractivity contribution in [2.45, 2.75) is 0 Å². The summed E-state index contributed by atoms with van der Waals surface area (Å²) >= 11 is 0. The highest BCUT2D eigenvalue weighted by Gasteiger charge is 1.93. The van der Waals surface area contributed by atoms with Gasteiger partial charge in [0.15, 0.2) is 0 Å². The monoisotopic (exact) mass is 174 g/mol. The van der Waals surface area contributed by atoms with Crippen LogP contribution in [0.15, 0.2) is 29.4 Å². The molecule has 13 heavy (non-hydrogen) atoms. The predicted molar refractivity (Wildman–Crippen MR) is 51.8 cm³/mol. The summed E-state index contributed by atoms with van der Waals surface area (Å²) in [5.41, 5.74) is 6.84. The summed E-state index contributed by atoms with van der Waals surface area (Å²) in [6.07, 6.45) is 1.35. The van der Waals surface area contributed by atoms with Crippen LogP contribution in [0.3, 0.4) is 0 Å². The van der Waals surface area contributed by atoms with Crippen LogP contribution in [0.4, 0.5) is 0 Å². The minimum atomic E-state index is 0.324. The summed E-state index contributed by atoms with van der Waals surface area (Å²) in [6.45, 7) is 0.324. The number of oxime groups is 1. The molecule has 0 aliphatic carbocycles. The molecular formula is C10H10N2O. The summed E-state index contributed by atoms with van der Waals surface area (Å²) in [4.78, 5) is 0. The van der Waals surface area contributed by atoms with Gasteiger partial charge in [-0.1, -0.05) is 35.2 Å². The molecule has 0 saturated carbocycles. The van der Waals surface area contributed by atoms with E-state index in [1.807, 2.05) is 24.3 Å². The second-order valence-electron chi connectivity index (χ2n) is 2.34. The van der Waals surface area contributed by atoms with Crippen LogP contribution in [-0.4, -0.2) is 18.0 Å². The van der Waals surface area contributed by atoms with Gasteiger partial charge in [0.25, 0.3) is 0 Å². The van der Waals surface area contributed by atoms with E-state index < -0.39 is 0 Å². The Kier molecular flexibility index (Phi) is 3.55. The molecule has 0 heterocycles. The minimum absolute atomic E-state index is 0.324. The molecular weight excluding hydrogens is 164 g/mol. The lowest BCUT2D eigenvalue weighted by Crippen LogP contribution is -1.94. The summed E-state index contributed by atoms with van der Waals surface area (Å²) in [7, 11) is 0. The van der Waals surface area contributed by atoms with E-state index in [0.29, 0.717) is 6.54 Å². The third kappa shape index (κ3) is 2.62. The molecule has 0 atom stereocenters. The summed E-state index contributed by atoms with van der Waals surface area (Å²) < 4.78 is 0. The van der Waals surface area contributed by atoms with Gasteiger partial charge in [0, 0.05) is 11.1 Å². The molecule has 3 N–H and O–H groups in total. The van der Waals surface area contributed by atoms with Gasteiger partial charge < -0.3 is 10.9 Å². The van der Waals surface area contributed by atoms with E-state index in [0.717, 1.165) is 11.1 Å². The Morgan fingerprint density at radius 1 is 1.46 bits per heavy atom. The second kappa shape index (κ2) is 4.96. The number of benzene rings is 1. The third-order valence-corrected chi connectivity index (χ3v) is 1.48. The van der Waals surface area contributed by atoms with E-state index in [1.165, 1.54) is 6.21 Å². The zero-order valence-electron chi connectivity index (χ0n) is 7.07. The van der Waals surface area contributed by atoms with Gasteiger partial charge in [-0.2, -0.15) is 0 Å². The van der Waals surface area contributed by atoms with Gasteiger partial charge in [-0.3, -0.25) is 0 Å². The second-order valence-corrected chi connectivity index (χ2v) is 2.34. The highest BCUT2D eigenvalue weighted by atomic mass is 16.4. The zero-order chi connectivity index (χ0) is 9.52. The normalized spacial score (nSPS) is 9.62. The average Bonchev–Trinajstić information content (AvgIpc) is 2.17. The van der Waals surface area contributed by atoms with Gasteiger partial charge in [-0.25, -0.2) is 0 Å². The van der Waals surface area contributed by atoms with E-state index in [9.17, 15) is 0 Å². The van der Waals surface area contributed by atoms with Gasteiger partial charge >= 0.3 is 0 Å². The van der Waals surface area contributed by atoms with Crippen molar-refractivity contribution in [1.29, 1.82) is 0 Å². The van der Waals surface area contributed by atoms with E-state index in [4.69, 9.17) is 10.9 Å². The van der Waals surface area contributed by atoms with Crippen molar-refractivity contribution in [3.63, 3.8) is 0 Å². The highest BCUT2D eigenvalue weighted by molar-refractivity contribution is 5.82. The van der Waals surface area contributed by atoms with Crippen LogP contribution in [0.2, 0.25) is 0 Å². The average molecular weight is 174 g/mol. The fourth-order valence-corrected chi connectivity index (χ4v) is 0.932. The largest absolute Gasteiger partial charge is 0.411 e. The van der Waals surface area contributed by atoms with Crippen LogP contribution in [0.5, 0.6) is 0 Å². The molecule has 0 spiro atoms. The number of hydrogen-bond donors (Lipinski definition) is 2. The molecule has 0 bridgehead atoms. The van der Waals surface area contributed by atoms with Gasteiger partial charge in [-0.05, 0) is 6.07 Å². The van der Waals surface area contributed by atoms with E-state index in [-0.39, 0.29) is 0 Å². The molecule has 0 fully saturated rings. The van der Waals surface area contributed by atoms with E-state index >= 15 is 0 Å². The van der Waals surface area contributed by atoms with Gasteiger partial charge in [0.05, 0.1) is 12.8 Å². The van der Waals surface area contributed by atoms with Gasteiger partial charge in [-0.15, -0.1) is 0 Å². The number of hydrogen-bond acceptors (Lipinski definition) is 3. The van der Waals surface area contributed by atoms with Gasteiger partial charge in [0.2, 0.25) is 0 Å². The fraction of sp³-hybridized carbons (Fsp3) is 0.100. The number of rotatable bonds is 1. The van der Waals surface area contributed by atoms with Crippen molar-refractivity contribution in [2.75, 3.05) is 6.54 Å². The van der Waals surface area contributed by atoms with Crippen LogP contribution < -0.4 is 5.73 Å². The molecule has 66 valence electrons. The first-order valence-electron chi connectivity index (χ1n) is 3.84. The van der Waals surface area contributed by atoms with E-state index in [1.54, 1.807) is 0 Å². The molecule has 0 unspecified atom stereocenters. The lowest BCUT2D eigenvalue weighted by molar-refractivity contribution is 0.322. The first-order chi connectivity index (χ1) is 6.38. The molecule has 1 rings (SSSR count). The summed E-state index contributed by atoms with van der Waals surface area (Å²) in [5.74, 6) is 5.62. The predicted octanol–water partition coefficient (Wildman–Crippen LogP) is 0.805. The Hall–Kier alpha value is -1.79. The highest BCUT2D eigenvalue weighted by Crippen LogP contribution is 2.03. The number of nitrogens with zero attached hydrogens (tertiary/aromatic N) is 1. The lowest BCUT2D eigenvalue weighted by atomic mass is 10.1. The van der Waals surface area contributed by atoms with Crippen LogP contribution in [-0.2, 0) is 0 Å². The van der Waals surface area contributed by atoms with Crippen molar-refractivity contribution in [3.05, 3.63) is 35.4 Å². The Morgan fingerprint density at radius 3 is 2.92 bits per heavy atom. The maximum Gasteiger partial charge on any atom is 0.0746 e. The number of nitrogens with two attached hydrogens (primary N) is 1. The molecule has 1 aromatic rings. The zero-order valence-corrected chi connectivity index (χ0v) is 7.07. The van der Waals surface area contributed by atoms with Crippen molar-refractivity contribution in [3.8, 4) is 11.8 Å². The molecule has 0 aromatic heterocycles. The van der Waals surface area contributed by atoms with Crippen molar-refractivity contribution in [2.24, 2.45) is 10.9 Å². The Bertz CT molecular complexity index is 361. The fourth-order valence-electron chi connectivity index (χ4n) is 0.932. The molecule has 0 aliphatic rings. The lowest BCUT2D eigenvalue weighted by Gasteiger charge is -1.94. The topological polar surface area (TPSA) is 58.6 Å². The quantitative estimate of drug-likeness (QED) is 0.286. The Morgan fingerprint density at radius 2 is 2.23 bits per heavy atom. The maximum atomic E-state index is 8.37. The molecule has 0 aliphatic heterocycles. The first-order valence-corrected chi connectivity index (χ1v) is 3.84. The first kappa shape index (κ1) is 9.30. The molecule has 0 radical (unpaired) electrons. The standard InChI is InChI=1S/C10H10N2O/c11-7-3-6-9-4-1-2-5-10(9)8-12-13/h1-2,4-5,8,13H,7,11H2. The van der Waals surface area contributed by atoms with Crippen LogP contribution in [0.25, 0.3) is 0 Å². The van der Waals surface area contributed by atoms with Crippen molar-refractivity contribution in [1.82, 2.24) is 0 Å². The Labute approximate surface area is 76.9 Å². The van der Waals surface area contributed by atoms with Crippen molar-refractivity contribution < 1.29 is 5.21 Å². The van der Waals surface area contributed by atoms with Crippen LogP contribution in [0, 0.1) is 11.8 Å². The molecule has 0 amide bonds. The molecule has 3 nitrogen and oxygen atoms in total. The minimum Gasteiger partial charge on any atom is -0.411 e. The van der Waals surface area contributed by atoms with Crippen molar-refractivity contribution >= 4 is 6.21 Å². The third-order valence-electron chi connectivity index (χ3n) is 1.48. The Balaban J connectivity index is 3.04. The smallest absolute Gasteiger partial charge is 0.0746 e.